The highest BCUT2D eigenvalue weighted by atomic mass is 19.4. The first kappa shape index (κ1) is 11.3. The van der Waals surface area contributed by atoms with Crippen LogP contribution in [0.3, 0.4) is 0 Å². The standard InChI is InChI=1S/C11H12F3NO/c12-11(13,14)7-16-9-3-1-2-8(6-9)10(15)4-5-10/h1-3,6H,4-5,7,15H2. The molecule has 0 spiro atoms. The average Bonchev–Trinajstić information content (AvgIpc) is 2.95. The fourth-order valence-electron chi connectivity index (χ4n) is 1.48. The van der Waals surface area contributed by atoms with Crippen LogP contribution < -0.4 is 10.5 Å². The topological polar surface area (TPSA) is 35.2 Å². The van der Waals surface area contributed by atoms with Gasteiger partial charge in [0.05, 0.1) is 0 Å². The number of halogens is 3. The molecule has 1 aromatic carbocycles. The summed E-state index contributed by atoms with van der Waals surface area (Å²) in [4.78, 5) is 0. The molecule has 2 rings (SSSR count). The molecule has 0 radical (unpaired) electrons. The molecule has 1 aromatic rings. The highest BCUT2D eigenvalue weighted by Crippen LogP contribution is 2.43. The first-order chi connectivity index (χ1) is 7.39. The number of benzene rings is 1. The molecule has 0 aliphatic heterocycles. The van der Waals surface area contributed by atoms with Crippen LogP contribution in [0.15, 0.2) is 24.3 Å². The molecule has 0 aromatic heterocycles. The Morgan fingerprint density at radius 3 is 2.56 bits per heavy atom. The Bertz CT molecular complexity index is 385. The Morgan fingerprint density at radius 2 is 2.00 bits per heavy atom. The SMILES string of the molecule is NC1(c2cccc(OCC(F)(F)F)c2)CC1. The minimum Gasteiger partial charge on any atom is -0.484 e. The van der Waals surface area contributed by atoms with Gasteiger partial charge in [0.15, 0.2) is 6.61 Å². The number of hydrogen-bond acceptors (Lipinski definition) is 2. The van der Waals surface area contributed by atoms with Crippen molar-refractivity contribution in [3.8, 4) is 5.75 Å². The van der Waals surface area contributed by atoms with Gasteiger partial charge in [0.2, 0.25) is 0 Å². The Kier molecular flexibility index (Phi) is 2.58. The molecule has 16 heavy (non-hydrogen) atoms. The molecule has 88 valence electrons. The first-order valence-electron chi connectivity index (χ1n) is 4.98. The minimum atomic E-state index is -4.31. The molecule has 5 heteroatoms. The van der Waals surface area contributed by atoms with Crippen molar-refractivity contribution in [1.29, 1.82) is 0 Å². The van der Waals surface area contributed by atoms with Gasteiger partial charge in [-0.2, -0.15) is 13.2 Å². The largest absolute Gasteiger partial charge is 0.484 e. The van der Waals surface area contributed by atoms with E-state index < -0.39 is 12.8 Å². The van der Waals surface area contributed by atoms with Crippen LogP contribution in [0.5, 0.6) is 5.75 Å². The summed E-state index contributed by atoms with van der Waals surface area (Å²) in [5, 5.41) is 0. The zero-order valence-electron chi connectivity index (χ0n) is 8.55. The quantitative estimate of drug-likeness (QED) is 0.867. The van der Waals surface area contributed by atoms with Gasteiger partial charge >= 0.3 is 6.18 Å². The van der Waals surface area contributed by atoms with Crippen molar-refractivity contribution in [1.82, 2.24) is 0 Å². The van der Waals surface area contributed by atoms with Crippen LogP contribution in [-0.4, -0.2) is 12.8 Å². The smallest absolute Gasteiger partial charge is 0.422 e. The van der Waals surface area contributed by atoms with Crippen LogP contribution in [0.2, 0.25) is 0 Å². The molecule has 1 aliphatic carbocycles. The van der Waals surface area contributed by atoms with Gasteiger partial charge in [-0.1, -0.05) is 12.1 Å². The minimum absolute atomic E-state index is 0.214. The van der Waals surface area contributed by atoms with Crippen molar-refractivity contribution < 1.29 is 17.9 Å². The number of alkyl halides is 3. The van der Waals surface area contributed by atoms with Crippen LogP contribution in [0, 0.1) is 0 Å². The van der Waals surface area contributed by atoms with Crippen molar-refractivity contribution in [3.05, 3.63) is 29.8 Å². The third kappa shape index (κ3) is 2.66. The molecule has 0 saturated heterocycles. The fraction of sp³-hybridized carbons (Fsp3) is 0.455. The molecule has 0 bridgehead atoms. The van der Waals surface area contributed by atoms with Crippen molar-refractivity contribution in [2.24, 2.45) is 5.73 Å². The second-order valence-electron chi connectivity index (χ2n) is 4.09. The molecule has 2 N–H and O–H groups in total. The first-order valence-corrected chi connectivity index (χ1v) is 4.98. The summed E-state index contributed by atoms with van der Waals surface area (Å²) >= 11 is 0. The Hall–Kier alpha value is -1.23. The van der Waals surface area contributed by atoms with Gasteiger partial charge in [-0.05, 0) is 30.5 Å². The normalized spacial score (nSPS) is 18.2. The fourth-order valence-corrected chi connectivity index (χ4v) is 1.48. The second kappa shape index (κ2) is 3.66. The third-order valence-electron chi connectivity index (χ3n) is 2.60. The molecule has 1 fully saturated rings. The van der Waals surface area contributed by atoms with E-state index in [1.54, 1.807) is 12.1 Å². The lowest BCUT2D eigenvalue weighted by Gasteiger charge is -2.13. The molecule has 0 atom stereocenters. The van der Waals surface area contributed by atoms with E-state index in [1.165, 1.54) is 6.07 Å². The van der Waals surface area contributed by atoms with Gasteiger partial charge in [-0.25, -0.2) is 0 Å². The van der Waals surface area contributed by atoms with E-state index in [9.17, 15) is 13.2 Å². The summed E-state index contributed by atoms with van der Waals surface area (Å²) in [6, 6.07) is 6.56. The summed E-state index contributed by atoms with van der Waals surface area (Å²) < 4.78 is 40.5. The van der Waals surface area contributed by atoms with Crippen LogP contribution in [-0.2, 0) is 5.54 Å². The molecule has 1 saturated carbocycles. The van der Waals surface area contributed by atoms with Crippen LogP contribution in [0.1, 0.15) is 18.4 Å². The number of ether oxygens (including phenoxy) is 1. The van der Waals surface area contributed by atoms with E-state index in [0.29, 0.717) is 0 Å². The molecular formula is C11H12F3NO. The lowest BCUT2D eigenvalue weighted by Crippen LogP contribution is -2.20. The Morgan fingerprint density at radius 1 is 1.31 bits per heavy atom. The summed E-state index contributed by atoms with van der Waals surface area (Å²) in [6.07, 6.45) is -2.57. The van der Waals surface area contributed by atoms with Gasteiger partial charge < -0.3 is 10.5 Å². The highest BCUT2D eigenvalue weighted by molar-refractivity contribution is 5.36. The van der Waals surface area contributed by atoms with Gasteiger partial charge in [0, 0.05) is 5.54 Å². The molecule has 0 heterocycles. The maximum atomic E-state index is 11.9. The van der Waals surface area contributed by atoms with Gasteiger partial charge in [-0.15, -0.1) is 0 Å². The van der Waals surface area contributed by atoms with E-state index in [0.717, 1.165) is 18.4 Å². The van der Waals surface area contributed by atoms with Crippen molar-refractivity contribution in [2.45, 2.75) is 24.6 Å². The van der Waals surface area contributed by atoms with Crippen LogP contribution >= 0.6 is 0 Å². The molecular weight excluding hydrogens is 219 g/mol. The van der Waals surface area contributed by atoms with E-state index in [4.69, 9.17) is 5.73 Å². The summed E-state index contributed by atoms with van der Waals surface area (Å²) in [7, 11) is 0. The molecule has 1 aliphatic rings. The van der Waals surface area contributed by atoms with Crippen molar-refractivity contribution in [2.75, 3.05) is 6.61 Å². The molecule has 0 amide bonds. The maximum Gasteiger partial charge on any atom is 0.422 e. The summed E-state index contributed by atoms with van der Waals surface area (Å²) in [6.45, 7) is -1.27. The maximum absolute atomic E-state index is 11.9. The molecule has 2 nitrogen and oxygen atoms in total. The van der Waals surface area contributed by atoms with E-state index in [2.05, 4.69) is 4.74 Å². The number of hydrogen-bond donors (Lipinski definition) is 1. The van der Waals surface area contributed by atoms with Crippen molar-refractivity contribution >= 4 is 0 Å². The molecule has 0 unspecified atom stereocenters. The van der Waals surface area contributed by atoms with Gasteiger partial charge in [-0.3, -0.25) is 0 Å². The van der Waals surface area contributed by atoms with Crippen LogP contribution in [0.4, 0.5) is 13.2 Å². The second-order valence-corrected chi connectivity index (χ2v) is 4.09. The van der Waals surface area contributed by atoms with Crippen LogP contribution in [0.25, 0.3) is 0 Å². The van der Waals surface area contributed by atoms with E-state index in [-0.39, 0.29) is 11.3 Å². The van der Waals surface area contributed by atoms with Gasteiger partial charge in [0.1, 0.15) is 5.75 Å². The Labute approximate surface area is 91.2 Å². The zero-order chi connectivity index (χ0) is 11.8. The Balaban J connectivity index is 2.05. The monoisotopic (exact) mass is 231 g/mol. The highest BCUT2D eigenvalue weighted by Gasteiger charge is 2.40. The lowest BCUT2D eigenvalue weighted by molar-refractivity contribution is -0.153. The van der Waals surface area contributed by atoms with Gasteiger partial charge in [0.25, 0.3) is 0 Å². The van der Waals surface area contributed by atoms with E-state index >= 15 is 0 Å². The number of nitrogens with two attached hydrogens (primary N) is 1. The van der Waals surface area contributed by atoms with E-state index in [1.807, 2.05) is 6.07 Å². The predicted octanol–water partition coefficient (Wildman–Crippen LogP) is 2.58. The zero-order valence-corrected chi connectivity index (χ0v) is 8.55. The third-order valence-corrected chi connectivity index (χ3v) is 2.60. The lowest BCUT2D eigenvalue weighted by atomic mass is 10.1. The average molecular weight is 231 g/mol. The number of rotatable bonds is 3. The summed E-state index contributed by atoms with van der Waals surface area (Å²) in [5.41, 5.74) is 6.43. The summed E-state index contributed by atoms with van der Waals surface area (Å²) in [5.74, 6) is 0.214. The van der Waals surface area contributed by atoms with Crippen molar-refractivity contribution in [3.63, 3.8) is 0 Å². The predicted molar refractivity (Wildman–Crippen MR) is 53.1 cm³/mol.